The monoisotopic (exact) mass is 1300 g/mol. The number of rotatable bonds is 20. The summed E-state index contributed by atoms with van der Waals surface area (Å²) in [4.78, 5) is 65.5. The molecule has 86 heavy (non-hydrogen) atoms. The minimum atomic E-state index is -5.49. The lowest BCUT2D eigenvalue weighted by atomic mass is 9.73. The molecule has 1 saturated carbocycles. The van der Waals surface area contributed by atoms with Crippen LogP contribution in [0.4, 0.5) is 49.7 Å². The zero-order valence-electron chi connectivity index (χ0n) is 46.2. The highest BCUT2D eigenvalue weighted by Crippen LogP contribution is 2.64. The molecule has 3 heterocycles. The molecule has 1 fully saturated rings. The molecule has 0 bridgehead atoms. The van der Waals surface area contributed by atoms with Crippen molar-refractivity contribution in [1.29, 1.82) is 0 Å². The van der Waals surface area contributed by atoms with E-state index < -0.39 is 191 Å². The van der Waals surface area contributed by atoms with Crippen molar-refractivity contribution in [3.63, 3.8) is 0 Å². The van der Waals surface area contributed by atoms with E-state index in [0.29, 0.717) is 12.3 Å². The molecule has 3 aromatic carbocycles. The molecule has 33 heteroatoms. The number of aromatic carboxylic acids is 1. The maximum Gasteiger partial charge on any atom is 0.524 e. The highest BCUT2D eigenvalue weighted by Gasteiger charge is 2.64. The third kappa shape index (κ3) is 13.3. The average Bonchev–Trinajstić information content (AvgIpc) is 1.54. The number of carbonyl (C=O) groups is 3. The van der Waals surface area contributed by atoms with Crippen LogP contribution in [0.15, 0.2) is 54.6 Å². The summed E-state index contributed by atoms with van der Waals surface area (Å²) in [6.07, 6.45) is -11.4. The summed E-state index contributed by atoms with van der Waals surface area (Å²) in [5.41, 5.74) is -8.36. The summed E-state index contributed by atoms with van der Waals surface area (Å²) in [7, 11) is -14.4. The summed E-state index contributed by atoms with van der Waals surface area (Å²) in [6, 6.07) is 6.63. The van der Waals surface area contributed by atoms with Gasteiger partial charge in [0.2, 0.25) is 21.8 Å². The topological polar surface area (TPSA) is 270 Å². The zero-order chi connectivity index (χ0) is 64.1. The maximum atomic E-state index is 16.0. The third-order valence-corrected chi connectivity index (χ3v) is 19.2. The molecule has 2 aliphatic carbocycles. The Balaban J connectivity index is 1.34. The Morgan fingerprint density at radius 2 is 1.53 bits per heavy atom. The van der Waals surface area contributed by atoms with Crippen molar-refractivity contribution in [3.05, 3.63) is 122 Å². The number of pyridine rings is 1. The van der Waals surface area contributed by atoms with Crippen LogP contribution in [0.2, 0.25) is 5.02 Å². The number of sulfone groups is 1. The van der Waals surface area contributed by atoms with Crippen molar-refractivity contribution in [2.24, 2.45) is 5.92 Å². The molecule has 4 N–H and O–H groups in total. The van der Waals surface area contributed by atoms with Gasteiger partial charge < -0.3 is 14.9 Å². The lowest BCUT2D eigenvalue weighted by molar-refractivity contribution is -0.144. The first-order valence-electron chi connectivity index (χ1n) is 25.7. The van der Waals surface area contributed by atoms with Gasteiger partial charge in [0.25, 0.3) is 5.92 Å². The van der Waals surface area contributed by atoms with Gasteiger partial charge in [-0.05, 0) is 106 Å². The second-order valence-electron chi connectivity index (χ2n) is 22.5. The first kappa shape index (κ1) is 65.3. The van der Waals surface area contributed by atoms with Crippen LogP contribution in [-0.4, -0.2) is 97.5 Å². The Labute approximate surface area is 488 Å². The molecule has 3 atom stereocenters. The van der Waals surface area contributed by atoms with Gasteiger partial charge in [0, 0.05) is 58.0 Å². The van der Waals surface area contributed by atoms with Crippen LogP contribution in [0, 0.1) is 24.5 Å². The minimum absolute atomic E-state index is 0.00257. The van der Waals surface area contributed by atoms with E-state index in [1.165, 1.54) is 46.8 Å². The Morgan fingerprint density at radius 1 is 0.907 bits per heavy atom. The van der Waals surface area contributed by atoms with Gasteiger partial charge in [-0.3, -0.25) is 33.7 Å². The lowest BCUT2D eigenvalue weighted by Crippen LogP contribution is -2.40. The molecule has 19 nitrogen and oxygen atoms in total. The molecule has 0 spiro atoms. The molecule has 0 aliphatic heterocycles. The van der Waals surface area contributed by atoms with Crippen LogP contribution in [0.3, 0.4) is 0 Å². The number of carboxylic acids is 1. The highest BCUT2D eigenvalue weighted by molar-refractivity contribution is 7.93. The number of amides is 2. The van der Waals surface area contributed by atoms with E-state index in [9.17, 15) is 77.0 Å². The molecule has 2 aliphatic rings. The number of nitrogens with zero attached hydrogens (tertiary/aromatic N) is 6. The van der Waals surface area contributed by atoms with Crippen molar-refractivity contribution >= 4 is 73.8 Å². The van der Waals surface area contributed by atoms with E-state index in [2.05, 4.69) is 15.5 Å². The normalized spacial score (nSPS) is 16.8. The summed E-state index contributed by atoms with van der Waals surface area (Å²) in [5, 5.41) is 18.4. The number of halogens is 11. The van der Waals surface area contributed by atoms with E-state index >= 15 is 17.6 Å². The molecule has 466 valence electrons. The van der Waals surface area contributed by atoms with Crippen LogP contribution in [0.25, 0.3) is 22.0 Å². The Bertz CT molecular complexity index is 4040. The number of alkyl halides is 8. The smallest absolute Gasteiger partial charge is 0.478 e. The van der Waals surface area contributed by atoms with Gasteiger partial charge in [-0.1, -0.05) is 37.6 Å². The van der Waals surface area contributed by atoms with Crippen molar-refractivity contribution in [2.75, 3.05) is 16.8 Å². The minimum Gasteiger partial charge on any atom is -0.478 e. The molecule has 6 aromatic rings. The van der Waals surface area contributed by atoms with E-state index in [1.807, 2.05) is 0 Å². The number of hydrogen-bond donors (Lipinski definition) is 4. The molecular formula is C53H53ClF10N7O12PS2. The number of carboxylic acid groups (broad SMARTS) is 1. The van der Waals surface area contributed by atoms with Gasteiger partial charge in [0.15, 0.2) is 21.3 Å². The van der Waals surface area contributed by atoms with Crippen LogP contribution in [0.1, 0.15) is 121 Å². The highest BCUT2D eigenvalue weighted by atomic mass is 35.5. The summed E-state index contributed by atoms with van der Waals surface area (Å²) in [5.74, 6) is -15.2. The lowest BCUT2D eigenvalue weighted by Gasteiger charge is -2.34. The van der Waals surface area contributed by atoms with E-state index in [4.69, 9.17) is 21.1 Å². The van der Waals surface area contributed by atoms with Crippen LogP contribution in [0.5, 0.6) is 5.75 Å². The second kappa shape index (κ2) is 22.5. The maximum absolute atomic E-state index is 16.0. The molecule has 0 unspecified atom stereocenters. The number of aryl methyl sites for hydroxylation is 2. The first-order chi connectivity index (χ1) is 39.3. The van der Waals surface area contributed by atoms with Gasteiger partial charge in [-0.15, -0.1) is 0 Å². The fourth-order valence-electron chi connectivity index (χ4n) is 11.1. The molecule has 0 saturated heterocycles. The van der Waals surface area contributed by atoms with E-state index in [-0.39, 0.29) is 67.3 Å². The summed E-state index contributed by atoms with van der Waals surface area (Å²) < 4.78 is 220. The number of hydrogen-bond acceptors (Lipinski definition) is 12. The van der Waals surface area contributed by atoms with Crippen molar-refractivity contribution in [1.82, 2.24) is 29.9 Å². The van der Waals surface area contributed by atoms with Gasteiger partial charge in [-0.2, -0.15) is 49.6 Å². The largest absolute Gasteiger partial charge is 0.524 e. The van der Waals surface area contributed by atoms with Crippen molar-refractivity contribution in [3.8, 4) is 16.9 Å². The van der Waals surface area contributed by atoms with Crippen LogP contribution < -0.4 is 14.1 Å². The number of carbonyl (C=O) groups excluding carboxylic acids is 2. The Morgan fingerprint density at radius 3 is 2.08 bits per heavy atom. The van der Waals surface area contributed by atoms with E-state index in [0.717, 1.165) is 42.7 Å². The van der Waals surface area contributed by atoms with Gasteiger partial charge in [0.05, 0.1) is 44.2 Å². The fourth-order valence-corrected chi connectivity index (χ4v) is 13.1. The first-order valence-corrected chi connectivity index (χ1v) is 31.4. The summed E-state index contributed by atoms with van der Waals surface area (Å²) >= 11 is 6.79. The number of sulfonamides is 1. The number of fused-ring (bicyclic) bond motifs is 4. The molecule has 3 aromatic heterocycles. The molecule has 2 amide bonds. The predicted octanol–water partition coefficient (Wildman–Crippen LogP) is 10.4. The van der Waals surface area contributed by atoms with Crippen LogP contribution in [-0.2, 0) is 77.5 Å². The Kier molecular flexibility index (Phi) is 17.1. The molecule has 0 radical (unpaired) electrons. The second-order valence-corrected chi connectivity index (χ2v) is 28.6. The van der Waals surface area contributed by atoms with E-state index in [1.54, 1.807) is 0 Å². The van der Waals surface area contributed by atoms with Crippen molar-refractivity contribution in [2.45, 2.75) is 127 Å². The van der Waals surface area contributed by atoms with Gasteiger partial charge in [-0.25, -0.2) is 35.0 Å². The van der Waals surface area contributed by atoms with Gasteiger partial charge in [0.1, 0.15) is 36.2 Å². The Hall–Kier alpha value is -6.66. The third-order valence-electron chi connectivity index (χ3n) is 15.2. The summed E-state index contributed by atoms with van der Waals surface area (Å²) in [6.45, 7) is 3.16. The van der Waals surface area contributed by atoms with Crippen molar-refractivity contribution < 1.29 is 99.1 Å². The molecular weight excluding hydrogens is 1250 g/mol. The standard InChI is InChI=1S/C53H53ClF10N7O12PS2/c1-25-16-27(48(74)75)20-37(83-84(76,77)78)42(25)49(2,3)22-39(73)71(86(7,81)82)47-41-35(54)13-11-32(44(41)70(68-47)24-51(57,58)59)31-9-8-30(14-15-50(4,5)85(6,79)80)65-43(31)36(19-26-17-28(55)21-29(56)18-26)66-38(72)23-69-46-40(45(67-69)53(62,63)64)33-10-12-34(33)52(46,60)61/h8-9,11,13,16-18,20-21,33-34,36H,10,12,14-15,19,22-24H2,1-7H3,(H,66,72)(H,74,75)(H2,76,77,78)/t33-,34+,36-/m0/s1. The fraction of sp³-hybridized carbons (Fsp3) is 0.434. The average molecular weight is 1300 g/mol. The van der Waals surface area contributed by atoms with Gasteiger partial charge >= 0.3 is 26.1 Å². The number of benzene rings is 3. The SMILES string of the molecule is Cc1cc(C(=O)O)cc(OP(=O)(O)O)c1C(C)(C)CC(=O)N(c1nn(CC(F)(F)F)c2c(-c3ccc(CCC(C)(C)S(C)(=O)=O)nc3[C@H](Cc3cc(F)cc(F)c3)NC(=O)Cn3nc(C(F)(F)F)c4c3C(F)(F)[C@@H]3CC[C@H]43)ccc(Cl)c12)S(C)(=O)=O. The number of anilines is 1. The quantitative estimate of drug-likeness (QED) is 0.0409. The number of aromatic nitrogens is 5. The zero-order valence-corrected chi connectivity index (χ0v) is 49.5. The number of nitrogens with one attached hydrogen (secondary N) is 1. The number of phosphoric ester groups is 1. The number of phosphoric acid groups is 1. The molecule has 8 rings (SSSR count). The van der Waals surface area contributed by atoms with Crippen LogP contribution >= 0.6 is 19.4 Å². The predicted molar refractivity (Wildman–Crippen MR) is 290 cm³/mol.